The van der Waals surface area contributed by atoms with Gasteiger partial charge in [-0.3, -0.25) is 0 Å². The van der Waals surface area contributed by atoms with Crippen LogP contribution in [0.5, 0.6) is 0 Å². The number of rotatable bonds is 4. The molecule has 1 saturated carbocycles. The van der Waals surface area contributed by atoms with Gasteiger partial charge in [-0.15, -0.1) is 0 Å². The Morgan fingerprint density at radius 3 is 2.45 bits per heavy atom. The van der Waals surface area contributed by atoms with Gasteiger partial charge in [0.25, 0.3) is 0 Å². The molecule has 4 nitrogen and oxygen atoms in total. The highest BCUT2D eigenvalue weighted by atomic mass is 19.2. The van der Waals surface area contributed by atoms with Crippen molar-refractivity contribution >= 4 is 6.09 Å². The van der Waals surface area contributed by atoms with E-state index in [1.807, 2.05) is 0 Å². The van der Waals surface area contributed by atoms with E-state index >= 15 is 0 Å². The average molecular weight is 313 g/mol. The number of ether oxygens (including phenoxy) is 1. The fourth-order valence-corrected chi connectivity index (χ4v) is 2.22. The standard InChI is InChI=1S/C16H21F2NO3/c1-16(2,3)22-15(21)19-13(14(20)9-4-5-9)10-6-7-11(17)12(18)8-10/h6-9,13-14,20H,4-5H2,1-3H3,(H,19,21). The quantitative estimate of drug-likeness (QED) is 0.896. The second-order valence-electron chi connectivity index (χ2n) is 6.63. The maximum Gasteiger partial charge on any atom is 0.408 e. The first-order chi connectivity index (χ1) is 10.2. The zero-order chi connectivity index (χ0) is 16.5. The van der Waals surface area contributed by atoms with Gasteiger partial charge >= 0.3 is 6.09 Å². The molecule has 1 aliphatic rings. The molecule has 1 aliphatic carbocycles. The maximum absolute atomic E-state index is 13.4. The van der Waals surface area contributed by atoms with E-state index in [0.717, 1.165) is 25.0 Å². The monoisotopic (exact) mass is 313 g/mol. The van der Waals surface area contributed by atoms with E-state index in [-0.39, 0.29) is 5.92 Å². The number of carbonyl (C=O) groups excluding carboxylic acids is 1. The number of nitrogens with one attached hydrogen (secondary N) is 1. The van der Waals surface area contributed by atoms with Crippen LogP contribution in [-0.2, 0) is 4.74 Å². The summed E-state index contributed by atoms with van der Waals surface area (Å²) in [6.07, 6.45) is 0.119. The minimum Gasteiger partial charge on any atom is -0.444 e. The maximum atomic E-state index is 13.4. The molecular formula is C16H21F2NO3. The number of amides is 1. The predicted octanol–water partition coefficient (Wildman–Crippen LogP) is 3.30. The SMILES string of the molecule is CC(C)(C)OC(=O)NC(c1ccc(F)c(F)c1)C(O)C1CC1. The van der Waals surface area contributed by atoms with Crippen LogP contribution in [0.25, 0.3) is 0 Å². The average Bonchev–Trinajstić information content (AvgIpc) is 3.21. The van der Waals surface area contributed by atoms with Crippen LogP contribution < -0.4 is 5.32 Å². The third-order valence-corrected chi connectivity index (χ3v) is 3.42. The molecule has 6 heteroatoms. The van der Waals surface area contributed by atoms with Gasteiger partial charge in [0.2, 0.25) is 0 Å². The molecule has 1 amide bonds. The third-order valence-electron chi connectivity index (χ3n) is 3.42. The molecule has 0 aliphatic heterocycles. The van der Waals surface area contributed by atoms with Crippen LogP contribution in [0.3, 0.4) is 0 Å². The van der Waals surface area contributed by atoms with Crippen molar-refractivity contribution in [3.63, 3.8) is 0 Å². The van der Waals surface area contributed by atoms with Gasteiger partial charge in [0.05, 0.1) is 12.1 Å². The van der Waals surface area contributed by atoms with Gasteiger partial charge in [0.1, 0.15) is 5.60 Å². The van der Waals surface area contributed by atoms with E-state index in [4.69, 9.17) is 4.74 Å². The number of carbonyl (C=O) groups is 1. The van der Waals surface area contributed by atoms with Crippen molar-refractivity contribution in [1.82, 2.24) is 5.32 Å². The minimum atomic E-state index is -1.02. The highest BCUT2D eigenvalue weighted by Crippen LogP contribution is 2.38. The molecule has 2 N–H and O–H groups in total. The molecular weight excluding hydrogens is 292 g/mol. The van der Waals surface area contributed by atoms with Crippen LogP contribution in [0.15, 0.2) is 18.2 Å². The van der Waals surface area contributed by atoms with Gasteiger partial charge in [-0.25, -0.2) is 13.6 Å². The van der Waals surface area contributed by atoms with E-state index in [2.05, 4.69) is 5.32 Å². The van der Waals surface area contributed by atoms with Crippen molar-refractivity contribution in [2.24, 2.45) is 5.92 Å². The summed E-state index contributed by atoms with van der Waals surface area (Å²) in [5.74, 6) is -1.94. The van der Waals surface area contributed by atoms with E-state index in [9.17, 15) is 18.7 Å². The van der Waals surface area contributed by atoms with Gasteiger partial charge in [0, 0.05) is 0 Å². The Balaban J connectivity index is 2.19. The number of hydrogen-bond acceptors (Lipinski definition) is 3. The molecule has 0 radical (unpaired) electrons. The summed E-state index contributed by atoms with van der Waals surface area (Å²) in [6.45, 7) is 5.16. The lowest BCUT2D eigenvalue weighted by atomic mass is 9.98. The van der Waals surface area contributed by atoms with E-state index in [0.29, 0.717) is 5.56 Å². The summed E-state index contributed by atoms with van der Waals surface area (Å²) in [5, 5.41) is 12.9. The third kappa shape index (κ3) is 4.40. The summed E-state index contributed by atoms with van der Waals surface area (Å²) < 4.78 is 31.7. The van der Waals surface area contributed by atoms with Crippen LogP contribution in [0, 0.1) is 17.6 Å². The largest absolute Gasteiger partial charge is 0.444 e. The minimum absolute atomic E-state index is 0.0491. The zero-order valence-corrected chi connectivity index (χ0v) is 12.9. The lowest BCUT2D eigenvalue weighted by molar-refractivity contribution is 0.0394. The normalized spacial score (nSPS) is 17.7. The second-order valence-corrected chi connectivity index (χ2v) is 6.63. The molecule has 2 unspecified atom stereocenters. The zero-order valence-electron chi connectivity index (χ0n) is 12.9. The van der Waals surface area contributed by atoms with Crippen LogP contribution in [0.2, 0.25) is 0 Å². The summed E-state index contributed by atoms with van der Waals surface area (Å²) in [5.41, 5.74) is -0.378. The predicted molar refractivity (Wildman–Crippen MR) is 77.2 cm³/mol. The van der Waals surface area contributed by atoms with Gasteiger partial charge in [-0.2, -0.15) is 0 Å². The number of halogens is 2. The Bertz CT molecular complexity index is 553. The van der Waals surface area contributed by atoms with E-state index in [1.165, 1.54) is 6.07 Å². The molecule has 122 valence electrons. The number of benzene rings is 1. The van der Waals surface area contributed by atoms with Gasteiger partial charge in [0.15, 0.2) is 11.6 Å². The Kier molecular flexibility index (Phi) is 4.70. The van der Waals surface area contributed by atoms with Crippen molar-refractivity contribution in [1.29, 1.82) is 0 Å². The lowest BCUT2D eigenvalue weighted by Crippen LogP contribution is -2.40. The molecule has 2 rings (SSSR count). The highest BCUT2D eigenvalue weighted by Gasteiger charge is 2.37. The van der Waals surface area contributed by atoms with Crippen molar-refractivity contribution in [3.8, 4) is 0 Å². The van der Waals surface area contributed by atoms with E-state index in [1.54, 1.807) is 20.8 Å². The summed E-state index contributed by atoms with van der Waals surface area (Å²) >= 11 is 0. The smallest absolute Gasteiger partial charge is 0.408 e. The second kappa shape index (κ2) is 6.20. The molecule has 0 spiro atoms. The highest BCUT2D eigenvalue weighted by molar-refractivity contribution is 5.68. The fraction of sp³-hybridized carbons (Fsp3) is 0.562. The van der Waals surface area contributed by atoms with Crippen LogP contribution >= 0.6 is 0 Å². The number of hydrogen-bond donors (Lipinski definition) is 2. The number of aliphatic hydroxyl groups excluding tert-OH is 1. The number of aliphatic hydroxyl groups is 1. The Hall–Kier alpha value is -1.69. The van der Waals surface area contributed by atoms with Gasteiger partial charge < -0.3 is 15.2 Å². The molecule has 2 atom stereocenters. The first kappa shape index (κ1) is 16.7. The fourth-order valence-electron chi connectivity index (χ4n) is 2.22. The van der Waals surface area contributed by atoms with E-state index < -0.39 is 35.5 Å². The van der Waals surface area contributed by atoms with Crippen molar-refractivity contribution in [2.75, 3.05) is 0 Å². The molecule has 22 heavy (non-hydrogen) atoms. The van der Waals surface area contributed by atoms with Crippen molar-refractivity contribution < 1.29 is 23.4 Å². The lowest BCUT2D eigenvalue weighted by Gasteiger charge is -2.27. The molecule has 0 bridgehead atoms. The molecule has 0 heterocycles. The molecule has 0 saturated heterocycles. The first-order valence-electron chi connectivity index (χ1n) is 7.30. The Labute approximate surface area is 128 Å². The number of alkyl carbamates (subject to hydrolysis) is 1. The Morgan fingerprint density at radius 1 is 1.32 bits per heavy atom. The summed E-state index contributed by atoms with van der Waals surface area (Å²) in [6, 6.07) is 2.49. The van der Waals surface area contributed by atoms with Gasteiger partial charge in [-0.1, -0.05) is 6.07 Å². The molecule has 1 aromatic carbocycles. The summed E-state index contributed by atoms with van der Waals surface area (Å²) in [4.78, 5) is 11.9. The van der Waals surface area contributed by atoms with Crippen LogP contribution in [0.4, 0.5) is 13.6 Å². The Morgan fingerprint density at radius 2 is 1.95 bits per heavy atom. The molecule has 0 aromatic heterocycles. The summed E-state index contributed by atoms with van der Waals surface area (Å²) in [7, 11) is 0. The molecule has 1 aromatic rings. The topological polar surface area (TPSA) is 58.6 Å². The van der Waals surface area contributed by atoms with Crippen molar-refractivity contribution in [2.45, 2.75) is 51.4 Å². The van der Waals surface area contributed by atoms with Crippen molar-refractivity contribution in [3.05, 3.63) is 35.4 Å². The first-order valence-corrected chi connectivity index (χ1v) is 7.30. The van der Waals surface area contributed by atoms with Gasteiger partial charge in [-0.05, 0) is 57.2 Å². The molecule has 1 fully saturated rings. The van der Waals surface area contributed by atoms with Crippen LogP contribution in [-0.4, -0.2) is 22.9 Å². The van der Waals surface area contributed by atoms with Crippen LogP contribution in [0.1, 0.15) is 45.2 Å².